The van der Waals surface area contributed by atoms with Crippen molar-refractivity contribution in [3.05, 3.63) is 30.0 Å². The van der Waals surface area contributed by atoms with E-state index >= 15 is 0 Å². The van der Waals surface area contributed by atoms with Crippen molar-refractivity contribution in [1.82, 2.24) is 15.5 Å². The Bertz CT molecular complexity index is 640. The van der Waals surface area contributed by atoms with E-state index in [9.17, 15) is 5.26 Å². The van der Waals surface area contributed by atoms with Gasteiger partial charge in [-0.2, -0.15) is 5.26 Å². The van der Waals surface area contributed by atoms with Crippen molar-refractivity contribution < 1.29 is 0 Å². The number of benzene rings is 1. The molecule has 2 heterocycles. The van der Waals surface area contributed by atoms with Crippen LogP contribution in [-0.2, 0) is 0 Å². The molecule has 5 heteroatoms. The lowest BCUT2D eigenvalue weighted by Gasteiger charge is -2.12. The first-order valence-corrected chi connectivity index (χ1v) is 6.98. The lowest BCUT2D eigenvalue weighted by molar-refractivity contribution is 0.549. The number of rotatable bonds is 4. The zero-order valence-corrected chi connectivity index (χ0v) is 11.3. The summed E-state index contributed by atoms with van der Waals surface area (Å²) in [5.41, 5.74) is 1.99. The largest absolute Gasteiger partial charge is 0.382 e. The summed E-state index contributed by atoms with van der Waals surface area (Å²) in [6.07, 6.45) is 2.34. The van der Waals surface area contributed by atoms with Gasteiger partial charge in [0.25, 0.3) is 0 Å². The molecule has 2 aromatic rings. The smallest absolute Gasteiger partial charge is 0.186 e. The van der Waals surface area contributed by atoms with Crippen molar-refractivity contribution in [2.24, 2.45) is 5.92 Å². The third-order valence-electron chi connectivity index (χ3n) is 3.79. The average molecular weight is 267 g/mol. The molecule has 1 aliphatic rings. The van der Waals surface area contributed by atoms with E-state index in [0.29, 0.717) is 5.69 Å². The second-order valence-corrected chi connectivity index (χ2v) is 5.13. The van der Waals surface area contributed by atoms with E-state index < -0.39 is 0 Å². The molecule has 1 aromatic carbocycles. The van der Waals surface area contributed by atoms with E-state index in [1.165, 1.54) is 6.42 Å². The summed E-state index contributed by atoms with van der Waals surface area (Å²) in [4.78, 5) is 0. The number of hydrogen-bond acceptors (Lipinski definition) is 5. The molecule has 1 atom stereocenters. The number of nitrogens with one attached hydrogen (secondary N) is 2. The van der Waals surface area contributed by atoms with Gasteiger partial charge in [0.2, 0.25) is 0 Å². The van der Waals surface area contributed by atoms with Crippen molar-refractivity contribution >= 4 is 16.6 Å². The molecule has 5 nitrogen and oxygen atoms in total. The first-order chi connectivity index (χ1) is 9.88. The van der Waals surface area contributed by atoms with Crippen LogP contribution >= 0.6 is 0 Å². The van der Waals surface area contributed by atoms with Gasteiger partial charge in [-0.1, -0.05) is 18.2 Å². The maximum Gasteiger partial charge on any atom is 0.186 e. The third-order valence-corrected chi connectivity index (χ3v) is 3.79. The molecule has 0 bridgehead atoms. The fourth-order valence-electron chi connectivity index (χ4n) is 2.67. The molecule has 0 radical (unpaired) electrons. The van der Waals surface area contributed by atoms with Crippen molar-refractivity contribution in [2.45, 2.75) is 12.8 Å². The second kappa shape index (κ2) is 5.85. The van der Waals surface area contributed by atoms with Gasteiger partial charge in [0.1, 0.15) is 6.07 Å². The van der Waals surface area contributed by atoms with E-state index in [4.69, 9.17) is 0 Å². The molecule has 1 fully saturated rings. The summed E-state index contributed by atoms with van der Waals surface area (Å²) < 4.78 is 0. The fraction of sp³-hybridized carbons (Fsp3) is 0.400. The van der Waals surface area contributed by atoms with Gasteiger partial charge in [0.15, 0.2) is 5.69 Å². The quantitative estimate of drug-likeness (QED) is 0.885. The van der Waals surface area contributed by atoms with Crippen LogP contribution in [0.5, 0.6) is 0 Å². The predicted octanol–water partition coefficient (Wildman–Crippen LogP) is 1.91. The topological polar surface area (TPSA) is 73.6 Å². The summed E-state index contributed by atoms with van der Waals surface area (Å²) in [6, 6.07) is 9.89. The maximum absolute atomic E-state index is 9.19. The van der Waals surface area contributed by atoms with Crippen LogP contribution in [-0.4, -0.2) is 29.8 Å². The molecular weight excluding hydrogens is 250 g/mol. The van der Waals surface area contributed by atoms with E-state index in [-0.39, 0.29) is 0 Å². The Morgan fingerprint density at radius 2 is 2.25 bits per heavy atom. The fourth-order valence-corrected chi connectivity index (χ4v) is 2.67. The highest BCUT2D eigenvalue weighted by Gasteiger charge is 2.15. The van der Waals surface area contributed by atoms with Gasteiger partial charge in [0.05, 0.1) is 11.2 Å². The minimum Gasteiger partial charge on any atom is -0.382 e. The summed E-state index contributed by atoms with van der Waals surface area (Å²) in [6.45, 7) is 3.08. The van der Waals surface area contributed by atoms with Gasteiger partial charge in [-0.15, -0.1) is 10.2 Å². The Balaban J connectivity index is 1.79. The molecule has 0 amide bonds. The molecule has 1 saturated heterocycles. The second-order valence-electron chi connectivity index (χ2n) is 5.13. The Labute approximate surface area is 118 Å². The number of hydrogen-bond donors (Lipinski definition) is 2. The maximum atomic E-state index is 9.19. The summed E-state index contributed by atoms with van der Waals surface area (Å²) in [7, 11) is 0. The van der Waals surface area contributed by atoms with Crippen LogP contribution in [0.3, 0.4) is 0 Å². The molecule has 0 spiro atoms. The highest BCUT2D eigenvalue weighted by Crippen LogP contribution is 2.24. The van der Waals surface area contributed by atoms with Crippen molar-refractivity contribution in [3.8, 4) is 6.07 Å². The minimum absolute atomic E-state index is 0.369. The summed E-state index contributed by atoms with van der Waals surface area (Å²) >= 11 is 0. The molecule has 1 aliphatic heterocycles. The molecule has 0 aliphatic carbocycles. The standard InChI is InChI=1S/C15H17N5/c16-9-14-15(18-8-6-11-5-7-17-10-11)12-3-1-2-4-13(12)19-20-14/h1-4,11,17H,5-8,10H2,(H,18,19). The van der Waals surface area contributed by atoms with Crippen LogP contribution in [0.25, 0.3) is 10.9 Å². The summed E-state index contributed by atoms with van der Waals surface area (Å²) in [5, 5.41) is 25.0. The Morgan fingerprint density at radius 3 is 3.05 bits per heavy atom. The Hall–Kier alpha value is -2.19. The van der Waals surface area contributed by atoms with E-state index in [1.54, 1.807) is 0 Å². The van der Waals surface area contributed by atoms with Crippen LogP contribution < -0.4 is 10.6 Å². The van der Waals surface area contributed by atoms with Crippen molar-refractivity contribution in [1.29, 1.82) is 5.26 Å². The van der Waals surface area contributed by atoms with Gasteiger partial charge in [-0.3, -0.25) is 0 Å². The van der Waals surface area contributed by atoms with Gasteiger partial charge in [-0.25, -0.2) is 0 Å². The van der Waals surface area contributed by atoms with Crippen LogP contribution in [0.2, 0.25) is 0 Å². The zero-order chi connectivity index (χ0) is 13.8. The molecule has 0 saturated carbocycles. The third kappa shape index (κ3) is 2.56. The van der Waals surface area contributed by atoms with E-state index in [0.717, 1.165) is 48.6 Å². The van der Waals surface area contributed by atoms with Crippen molar-refractivity contribution in [2.75, 3.05) is 25.0 Å². The predicted molar refractivity (Wildman–Crippen MR) is 78.3 cm³/mol. The zero-order valence-electron chi connectivity index (χ0n) is 11.3. The monoisotopic (exact) mass is 267 g/mol. The van der Waals surface area contributed by atoms with Crippen LogP contribution in [0, 0.1) is 17.2 Å². The van der Waals surface area contributed by atoms with E-state index in [2.05, 4.69) is 26.9 Å². The van der Waals surface area contributed by atoms with Gasteiger partial charge >= 0.3 is 0 Å². The first kappa shape index (κ1) is 12.8. The van der Waals surface area contributed by atoms with Gasteiger partial charge < -0.3 is 10.6 Å². The number of nitriles is 1. The molecule has 20 heavy (non-hydrogen) atoms. The molecule has 102 valence electrons. The van der Waals surface area contributed by atoms with Gasteiger partial charge in [-0.05, 0) is 37.9 Å². The normalized spacial score (nSPS) is 18.1. The SMILES string of the molecule is N#Cc1nnc2ccccc2c1NCCC1CCNC1. The van der Waals surface area contributed by atoms with Crippen LogP contribution in [0.4, 0.5) is 5.69 Å². The average Bonchev–Trinajstić information content (AvgIpc) is 3.00. The number of nitrogens with zero attached hydrogens (tertiary/aromatic N) is 3. The van der Waals surface area contributed by atoms with Crippen LogP contribution in [0.1, 0.15) is 18.5 Å². The Kier molecular flexibility index (Phi) is 3.75. The van der Waals surface area contributed by atoms with Gasteiger partial charge in [0, 0.05) is 11.9 Å². The Morgan fingerprint density at radius 1 is 1.35 bits per heavy atom. The van der Waals surface area contributed by atoms with Crippen molar-refractivity contribution in [3.63, 3.8) is 0 Å². The molecule has 1 unspecified atom stereocenters. The molecule has 1 aromatic heterocycles. The number of fused-ring (bicyclic) bond motifs is 1. The molecule has 3 rings (SSSR count). The lowest BCUT2D eigenvalue weighted by atomic mass is 10.1. The minimum atomic E-state index is 0.369. The lowest BCUT2D eigenvalue weighted by Crippen LogP contribution is -2.13. The highest BCUT2D eigenvalue weighted by atomic mass is 15.1. The molecule has 2 N–H and O–H groups in total. The number of aromatic nitrogens is 2. The van der Waals surface area contributed by atoms with Crippen LogP contribution in [0.15, 0.2) is 24.3 Å². The highest BCUT2D eigenvalue weighted by molar-refractivity contribution is 5.92. The molecular formula is C15H17N5. The number of anilines is 1. The van der Waals surface area contributed by atoms with E-state index in [1.807, 2.05) is 24.3 Å². The summed E-state index contributed by atoms with van der Waals surface area (Å²) in [5.74, 6) is 0.731. The first-order valence-electron chi connectivity index (χ1n) is 6.98.